The van der Waals surface area contributed by atoms with E-state index in [1.165, 1.54) is 26.1 Å². The van der Waals surface area contributed by atoms with Crippen molar-refractivity contribution in [3.8, 4) is 0 Å². The summed E-state index contributed by atoms with van der Waals surface area (Å²) in [5.41, 5.74) is 0.142. The van der Waals surface area contributed by atoms with Gasteiger partial charge in [-0.25, -0.2) is 0 Å². The van der Waals surface area contributed by atoms with E-state index in [1.807, 2.05) is 0 Å². The number of rotatable bonds is 4. The van der Waals surface area contributed by atoms with Crippen molar-refractivity contribution >= 4 is 13.6 Å². The Labute approximate surface area is 70.9 Å². The van der Waals surface area contributed by atoms with E-state index in [9.17, 15) is 9.09 Å². The van der Waals surface area contributed by atoms with Crippen molar-refractivity contribution < 1.29 is 13.8 Å². The highest BCUT2D eigenvalue weighted by atomic mass is 31.2. The van der Waals surface area contributed by atoms with E-state index < -0.39 is 7.37 Å². The predicted molar refractivity (Wildman–Crippen MR) is 47.0 cm³/mol. The van der Waals surface area contributed by atoms with Gasteiger partial charge in [0, 0.05) is 19.9 Å². The molecule has 0 aromatic heterocycles. The molecule has 0 aromatic carbocycles. The molecule has 1 unspecified atom stereocenters. The van der Waals surface area contributed by atoms with E-state index >= 15 is 0 Å². The average Bonchev–Trinajstić information content (AvgIpc) is 2.05. The summed E-state index contributed by atoms with van der Waals surface area (Å²) in [6.07, 6.45) is 2.76. The van der Waals surface area contributed by atoms with Gasteiger partial charge < -0.3 is 5.32 Å². The van der Waals surface area contributed by atoms with E-state index in [0.29, 0.717) is 0 Å². The lowest BCUT2D eigenvalue weighted by molar-refractivity contribution is 0.0000712. The van der Waals surface area contributed by atoms with Crippen LogP contribution in [0.1, 0.15) is 6.92 Å². The Bertz CT molecular complexity index is 240. The maximum atomic E-state index is 11.7. The number of hydrogen-bond acceptors (Lipinski definition) is 4. The molecule has 0 aliphatic heterocycles. The normalized spacial score (nSPS) is 17.8. The fourth-order valence-corrected chi connectivity index (χ4v) is 1.31. The van der Waals surface area contributed by atoms with E-state index in [4.69, 9.17) is 0 Å². The number of nitrogens with zero attached hydrogens (tertiary/aromatic N) is 1. The molecule has 0 aliphatic rings. The third-order valence-electron chi connectivity index (χ3n) is 1.17. The van der Waals surface area contributed by atoms with Crippen LogP contribution in [0.5, 0.6) is 0 Å². The molecule has 0 heterocycles. The molecule has 0 rings (SSSR count). The van der Waals surface area contributed by atoms with E-state index in [0.717, 1.165) is 0 Å². The smallest absolute Gasteiger partial charge is 0.282 e. The Kier molecular flexibility index (Phi) is 4.78. The molecule has 1 N–H and O–H groups in total. The molecule has 0 aromatic rings. The monoisotopic (exact) mass is 194 g/mol. The first kappa shape index (κ1) is 11.3. The SMILES string of the molecule is CC=N/C=C(\NC)P(C)(=O)OF. The third kappa shape index (κ3) is 3.15. The first-order chi connectivity index (χ1) is 5.58. The van der Waals surface area contributed by atoms with Crippen LogP contribution in [0.4, 0.5) is 4.53 Å². The molecule has 0 aliphatic carbocycles. The van der Waals surface area contributed by atoms with Crippen molar-refractivity contribution in [2.45, 2.75) is 6.92 Å². The molecule has 0 saturated carbocycles. The van der Waals surface area contributed by atoms with Gasteiger partial charge in [-0.3, -0.25) is 9.56 Å². The van der Waals surface area contributed by atoms with Crippen LogP contribution in [-0.4, -0.2) is 19.9 Å². The van der Waals surface area contributed by atoms with Crippen LogP contribution in [0.25, 0.3) is 0 Å². The minimum atomic E-state index is -3.34. The fourth-order valence-electron chi connectivity index (χ4n) is 0.555. The van der Waals surface area contributed by atoms with Crippen LogP contribution in [0, 0.1) is 0 Å². The highest BCUT2D eigenvalue weighted by Crippen LogP contribution is 2.49. The number of aliphatic imine (C=N–C) groups is 1. The molecule has 12 heavy (non-hydrogen) atoms. The molecule has 0 saturated heterocycles. The van der Waals surface area contributed by atoms with Gasteiger partial charge in [-0.1, -0.05) is 0 Å². The maximum Gasteiger partial charge on any atom is 0.282 e. The van der Waals surface area contributed by atoms with Crippen LogP contribution in [0.15, 0.2) is 16.6 Å². The summed E-state index contributed by atoms with van der Waals surface area (Å²) in [5.74, 6) is 0. The summed E-state index contributed by atoms with van der Waals surface area (Å²) in [7, 11) is -1.82. The van der Waals surface area contributed by atoms with Gasteiger partial charge in [-0.15, -0.1) is 4.73 Å². The van der Waals surface area contributed by atoms with Gasteiger partial charge in [0.1, 0.15) is 5.44 Å². The van der Waals surface area contributed by atoms with Gasteiger partial charge >= 0.3 is 0 Å². The van der Waals surface area contributed by atoms with Crippen molar-refractivity contribution in [1.82, 2.24) is 5.32 Å². The predicted octanol–water partition coefficient (Wildman–Crippen LogP) is 1.90. The Morgan fingerprint density at radius 3 is 2.67 bits per heavy atom. The molecule has 4 nitrogen and oxygen atoms in total. The van der Waals surface area contributed by atoms with Gasteiger partial charge in [0.05, 0.1) is 6.20 Å². The highest BCUT2D eigenvalue weighted by molar-refractivity contribution is 7.62. The summed E-state index contributed by atoms with van der Waals surface area (Å²) >= 11 is 0. The zero-order chi connectivity index (χ0) is 9.61. The summed E-state index contributed by atoms with van der Waals surface area (Å²) in [6.45, 7) is 2.86. The zero-order valence-corrected chi connectivity index (χ0v) is 8.14. The average molecular weight is 194 g/mol. The lowest BCUT2D eigenvalue weighted by Gasteiger charge is -2.09. The number of hydrogen-bond donors (Lipinski definition) is 1. The Morgan fingerprint density at radius 2 is 2.33 bits per heavy atom. The van der Waals surface area contributed by atoms with Crippen LogP contribution < -0.4 is 5.32 Å². The molecular formula is C6H12FN2O2P. The quantitative estimate of drug-likeness (QED) is 0.549. The first-order valence-corrected chi connectivity index (χ1v) is 5.39. The van der Waals surface area contributed by atoms with Crippen LogP contribution >= 0.6 is 7.37 Å². The molecule has 0 bridgehead atoms. The van der Waals surface area contributed by atoms with Crippen LogP contribution in [-0.2, 0) is 9.29 Å². The Balaban J connectivity index is 4.66. The zero-order valence-electron chi connectivity index (χ0n) is 7.24. The Hall–Kier alpha value is -0.670. The van der Waals surface area contributed by atoms with Gasteiger partial charge in [-0.2, -0.15) is 0 Å². The summed E-state index contributed by atoms with van der Waals surface area (Å²) in [5, 5.41) is 2.55. The second-order valence-electron chi connectivity index (χ2n) is 2.09. The molecule has 1 atom stereocenters. The molecule has 0 amide bonds. The second-order valence-corrected chi connectivity index (χ2v) is 4.40. The molecule has 0 radical (unpaired) electrons. The lowest BCUT2D eigenvalue weighted by atomic mass is 10.8. The fraction of sp³-hybridized carbons (Fsp3) is 0.500. The van der Waals surface area contributed by atoms with Crippen molar-refractivity contribution in [2.75, 3.05) is 13.7 Å². The summed E-state index contributed by atoms with van der Waals surface area (Å²) in [4.78, 5) is 3.69. The summed E-state index contributed by atoms with van der Waals surface area (Å²) in [6, 6.07) is 0. The highest BCUT2D eigenvalue weighted by Gasteiger charge is 2.22. The van der Waals surface area contributed by atoms with E-state index in [2.05, 4.69) is 15.0 Å². The number of halogens is 1. The lowest BCUT2D eigenvalue weighted by Crippen LogP contribution is -2.05. The topological polar surface area (TPSA) is 50.7 Å². The van der Waals surface area contributed by atoms with Gasteiger partial charge in [0.25, 0.3) is 7.37 Å². The largest absolute Gasteiger partial charge is 0.382 e. The molecule has 6 heteroatoms. The van der Waals surface area contributed by atoms with Crippen LogP contribution in [0.3, 0.4) is 0 Å². The minimum Gasteiger partial charge on any atom is -0.382 e. The first-order valence-electron chi connectivity index (χ1n) is 3.32. The van der Waals surface area contributed by atoms with Crippen molar-refractivity contribution in [2.24, 2.45) is 4.99 Å². The van der Waals surface area contributed by atoms with Crippen molar-refractivity contribution in [1.29, 1.82) is 0 Å². The standard InChI is InChI=1S/C6H12FN2O2P/c1-4-9-5-6(8-2)12(3,10)11-7/h4-5,8H,1-3H3/b6-5+,9-4?. The molecule has 0 fully saturated rings. The maximum absolute atomic E-state index is 11.7. The second kappa shape index (κ2) is 5.06. The summed E-state index contributed by atoms with van der Waals surface area (Å²) < 4.78 is 26.3. The van der Waals surface area contributed by atoms with Gasteiger partial charge in [0.15, 0.2) is 0 Å². The van der Waals surface area contributed by atoms with Gasteiger partial charge in [0.2, 0.25) is 0 Å². The Morgan fingerprint density at radius 1 is 1.75 bits per heavy atom. The van der Waals surface area contributed by atoms with Crippen molar-refractivity contribution in [3.05, 3.63) is 11.6 Å². The van der Waals surface area contributed by atoms with E-state index in [-0.39, 0.29) is 5.44 Å². The van der Waals surface area contributed by atoms with Crippen molar-refractivity contribution in [3.63, 3.8) is 0 Å². The van der Waals surface area contributed by atoms with Gasteiger partial charge in [-0.05, 0) is 11.4 Å². The molecule has 70 valence electrons. The van der Waals surface area contributed by atoms with E-state index in [1.54, 1.807) is 6.92 Å². The third-order valence-corrected chi connectivity index (χ3v) is 2.65. The number of nitrogens with one attached hydrogen (secondary N) is 1. The van der Waals surface area contributed by atoms with Crippen LogP contribution in [0.2, 0.25) is 0 Å². The minimum absolute atomic E-state index is 0.142. The molecular weight excluding hydrogens is 182 g/mol. The molecule has 0 spiro atoms.